The molecule has 0 aliphatic rings. The largest absolute Gasteiger partial charge is 0.481 e. The molecule has 2 aromatic carbocycles. The molecule has 164 valence electrons. The van der Waals surface area contributed by atoms with E-state index in [9.17, 15) is 4.79 Å². The average molecular weight is 432 g/mol. The van der Waals surface area contributed by atoms with Crippen LogP contribution < -0.4 is 11.3 Å². The van der Waals surface area contributed by atoms with Crippen LogP contribution in [0.15, 0.2) is 47.4 Å². The van der Waals surface area contributed by atoms with Crippen LogP contribution in [0.3, 0.4) is 0 Å². The molecule has 5 aromatic rings. The number of aromatic amines is 2. The Labute approximate surface area is 182 Å². The van der Waals surface area contributed by atoms with Crippen LogP contribution in [0, 0.1) is 6.92 Å². The molecule has 0 spiro atoms. The number of fused-ring (bicyclic) bond motifs is 3. The molecule has 9 nitrogen and oxygen atoms in total. The van der Waals surface area contributed by atoms with E-state index in [0.29, 0.717) is 17.8 Å². The average Bonchev–Trinajstić information content (AvgIpc) is 3.31. The fourth-order valence-corrected chi connectivity index (χ4v) is 3.96. The third-order valence-corrected chi connectivity index (χ3v) is 5.31. The highest BCUT2D eigenvalue weighted by atomic mass is 16.4. The van der Waals surface area contributed by atoms with Gasteiger partial charge in [-0.15, -0.1) is 0 Å². The summed E-state index contributed by atoms with van der Waals surface area (Å²) >= 11 is 0. The molecule has 0 bridgehead atoms. The van der Waals surface area contributed by atoms with E-state index in [1.807, 2.05) is 37.3 Å². The number of hydrogen-bond donors (Lipinski definition) is 4. The molecule has 0 unspecified atom stereocenters. The summed E-state index contributed by atoms with van der Waals surface area (Å²) in [5.74, 6) is -0.833. The van der Waals surface area contributed by atoms with Gasteiger partial charge in [-0.25, -0.2) is 4.98 Å². The Bertz CT molecular complexity index is 1490. The highest BCUT2D eigenvalue weighted by Gasteiger charge is 2.19. The molecule has 0 radical (unpaired) electrons. The van der Waals surface area contributed by atoms with Gasteiger partial charge in [-0.1, -0.05) is 18.2 Å². The number of nitrogens with two attached hydrogens (primary N) is 1. The number of carboxylic acids is 1. The summed E-state index contributed by atoms with van der Waals surface area (Å²) < 4.78 is 2.22. The maximum Gasteiger partial charge on any atom is 0.300 e. The van der Waals surface area contributed by atoms with Gasteiger partial charge in [-0.2, -0.15) is 5.10 Å². The number of nitrogens with zero attached hydrogens (tertiary/aromatic N) is 3. The van der Waals surface area contributed by atoms with Crippen LogP contribution in [0.25, 0.3) is 44.1 Å². The van der Waals surface area contributed by atoms with Gasteiger partial charge in [0.25, 0.3) is 11.5 Å². The zero-order valence-corrected chi connectivity index (χ0v) is 17.8. The molecule has 0 amide bonds. The van der Waals surface area contributed by atoms with E-state index in [2.05, 4.69) is 25.8 Å². The number of hydrogen-bond acceptors (Lipinski definition) is 5. The molecule has 0 fully saturated rings. The molecule has 3 heterocycles. The molecule has 32 heavy (non-hydrogen) atoms. The topological polar surface area (TPSA) is 143 Å². The van der Waals surface area contributed by atoms with E-state index in [-0.39, 0.29) is 5.56 Å². The summed E-state index contributed by atoms with van der Waals surface area (Å²) in [6, 6.07) is 11.9. The zero-order valence-electron chi connectivity index (χ0n) is 17.8. The molecule has 0 aliphatic carbocycles. The summed E-state index contributed by atoms with van der Waals surface area (Å²) in [6.07, 6.45) is 2.61. The van der Waals surface area contributed by atoms with Gasteiger partial charge in [0.1, 0.15) is 5.69 Å². The number of para-hydroxylation sites is 1. The molecular formula is C23H24N6O3. The highest BCUT2D eigenvalue weighted by molar-refractivity contribution is 5.99. The molecule has 5 rings (SSSR count). The quantitative estimate of drug-likeness (QED) is 0.343. The molecule has 0 aliphatic heterocycles. The fourth-order valence-electron chi connectivity index (χ4n) is 3.96. The van der Waals surface area contributed by atoms with Gasteiger partial charge in [0.2, 0.25) is 0 Å². The fraction of sp³-hybridized carbons (Fsp3) is 0.217. The van der Waals surface area contributed by atoms with E-state index in [4.69, 9.17) is 20.6 Å². The first-order valence-electron chi connectivity index (χ1n) is 10.3. The Hall–Kier alpha value is -3.98. The van der Waals surface area contributed by atoms with E-state index in [0.717, 1.165) is 58.5 Å². The number of aliphatic carboxylic acids is 1. The van der Waals surface area contributed by atoms with Crippen molar-refractivity contribution in [1.29, 1.82) is 0 Å². The summed E-state index contributed by atoms with van der Waals surface area (Å²) in [6.45, 7) is 4.55. The van der Waals surface area contributed by atoms with Crippen molar-refractivity contribution < 1.29 is 9.90 Å². The van der Waals surface area contributed by atoms with Crippen LogP contribution in [0.1, 0.15) is 19.0 Å². The van der Waals surface area contributed by atoms with E-state index >= 15 is 0 Å². The van der Waals surface area contributed by atoms with Crippen molar-refractivity contribution in [3.63, 3.8) is 0 Å². The van der Waals surface area contributed by atoms with Crippen LogP contribution in [0.5, 0.6) is 0 Å². The number of carboxylic acid groups (broad SMARTS) is 1. The third-order valence-electron chi connectivity index (χ3n) is 5.31. The number of aromatic nitrogens is 5. The number of aryl methyl sites for hydroxylation is 1. The second kappa shape index (κ2) is 8.64. The highest BCUT2D eigenvalue weighted by Crippen LogP contribution is 2.33. The monoisotopic (exact) mass is 432 g/mol. The van der Waals surface area contributed by atoms with Gasteiger partial charge >= 0.3 is 0 Å². The lowest BCUT2D eigenvalue weighted by Crippen LogP contribution is -2.12. The van der Waals surface area contributed by atoms with Gasteiger partial charge < -0.3 is 20.4 Å². The third kappa shape index (κ3) is 3.85. The standard InChI is InChI=1S/C21H20N6O.C2H4O2/c1-12-19(14-5-2-3-6-18(14)27(12)8-4-7-22)20-21(28)25-16-9-13-11-23-26-15(13)10-17(16)24-20;1-2(3)4/h2-3,5-6,9-11H,4,7-8,22H2,1H3,(H,23,26)(H,25,28);1H3,(H,3,4). The first-order chi connectivity index (χ1) is 15.4. The lowest BCUT2D eigenvalue weighted by Gasteiger charge is -2.08. The van der Waals surface area contributed by atoms with Crippen molar-refractivity contribution >= 4 is 38.8 Å². The minimum Gasteiger partial charge on any atom is -0.481 e. The van der Waals surface area contributed by atoms with Crippen LogP contribution in [0.2, 0.25) is 0 Å². The Balaban J connectivity index is 0.000000567. The Morgan fingerprint density at radius 3 is 2.72 bits per heavy atom. The first kappa shape index (κ1) is 21.3. The summed E-state index contributed by atoms with van der Waals surface area (Å²) in [5, 5.41) is 16.4. The molecule has 0 saturated carbocycles. The van der Waals surface area contributed by atoms with Crippen molar-refractivity contribution in [2.75, 3.05) is 6.54 Å². The van der Waals surface area contributed by atoms with E-state index < -0.39 is 5.97 Å². The van der Waals surface area contributed by atoms with Gasteiger partial charge in [-0.05, 0) is 38.1 Å². The minimum atomic E-state index is -0.833. The van der Waals surface area contributed by atoms with Gasteiger partial charge in [0.05, 0.1) is 22.7 Å². The molecule has 9 heteroatoms. The predicted molar refractivity (Wildman–Crippen MR) is 125 cm³/mol. The van der Waals surface area contributed by atoms with Crippen LogP contribution in [-0.4, -0.2) is 42.4 Å². The number of carbonyl (C=O) groups is 1. The van der Waals surface area contributed by atoms with Crippen molar-refractivity contribution in [1.82, 2.24) is 24.7 Å². The van der Waals surface area contributed by atoms with Gasteiger partial charge in [0.15, 0.2) is 0 Å². The molecule has 3 aromatic heterocycles. The molecule has 0 atom stereocenters. The summed E-state index contributed by atoms with van der Waals surface area (Å²) in [7, 11) is 0. The number of nitrogens with one attached hydrogen (secondary N) is 2. The van der Waals surface area contributed by atoms with E-state index in [1.54, 1.807) is 6.20 Å². The number of benzene rings is 2. The van der Waals surface area contributed by atoms with Gasteiger partial charge in [0, 0.05) is 41.0 Å². The zero-order chi connectivity index (χ0) is 22.8. The lowest BCUT2D eigenvalue weighted by molar-refractivity contribution is -0.134. The molecule has 5 N–H and O–H groups in total. The maximum atomic E-state index is 13.0. The second-order valence-electron chi connectivity index (χ2n) is 7.53. The lowest BCUT2D eigenvalue weighted by atomic mass is 10.1. The van der Waals surface area contributed by atoms with Gasteiger partial charge in [-0.3, -0.25) is 14.7 Å². The number of H-pyrrole nitrogens is 2. The Kier molecular flexibility index (Phi) is 5.74. The normalized spacial score (nSPS) is 11.1. The van der Waals surface area contributed by atoms with E-state index in [1.165, 1.54) is 0 Å². The predicted octanol–water partition coefficient (Wildman–Crippen LogP) is 3.17. The summed E-state index contributed by atoms with van der Waals surface area (Å²) in [5.41, 5.74) is 11.3. The van der Waals surface area contributed by atoms with Crippen molar-refractivity contribution in [3.05, 3.63) is 58.6 Å². The van der Waals surface area contributed by atoms with Crippen molar-refractivity contribution in [2.45, 2.75) is 26.8 Å². The first-order valence-corrected chi connectivity index (χ1v) is 10.3. The Morgan fingerprint density at radius 1 is 1.22 bits per heavy atom. The Morgan fingerprint density at radius 2 is 1.97 bits per heavy atom. The van der Waals surface area contributed by atoms with Crippen LogP contribution in [-0.2, 0) is 11.3 Å². The van der Waals surface area contributed by atoms with Crippen molar-refractivity contribution in [3.8, 4) is 11.3 Å². The molecule has 0 saturated heterocycles. The smallest absolute Gasteiger partial charge is 0.300 e. The molecular weight excluding hydrogens is 408 g/mol. The second-order valence-corrected chi connectivity index (χ2v) is 7.53. The van der Waals surface area contributed by atoms with Crippen LogP contribution >= 0.6 is 0 Å². The number of rotatable bonds is 4. The van der Waals surface area contributed by atoms with Crippen LogP contribution in [0.4, 0.5) is 0 Å². The minimum absolute atomic E-state index is 0.194. The summed E-state index contributed by atoms with van der Waals surface area (Å²) in [4.78, 5) is 29.7. The SMILES string of the molecule is CC(=O)O.Cc1c(-c2nc3cc4[nH]ncc4cc3[nH]c2=O)c2ccccc2n1CCCN. The maximum absolute atomic E-state index is 13.0. The van der Waals surface area contributed by atoms with Crippen molar-refractivity contribution in [2.24, 2.45) is 5.73 Å².